The van der Waals surface area contributed by atoms with E-state index in [-0.39, 0.29) is 6.10 Å². The van der Waals surface area contributed by atoms with Gasteiger partial charge in [-0.15, -0.1) is 0 Å². The summed E-state index contributed by atoms with van der Waals surface area (Å²) in [6, 6.07) is 0. The van der Waals surface area contributed by atoms with E-state index in [2.05, 4.69) is 20.8 Å². The summed E-state index contributed by atoms with van der Waals surface area (Å²) in [4.78, 5) is 0. The molecule has 1 atom stereocenters. The third kappa shape index (κ3) is 30.7. The average molecular weight is 550 g/mol. The van der Waals surface area contributed by atoms with Gasteiger partial charge in [-0.25, -0.2) is 0 Å². The molecule has 0 aliphatic heterocycles. The standard InChI is InChI=1S/C38H77O/c1-4-7-10-13-16-18-19-20-21-22-23-25-26-29-32-35-37(34-31-28-15-12-9-6-3)38(39)36-33-30-27-24-17-14-11-8-5-2/h38-39H,4-36H2,1-3H3. The topological polar surface area (TPSA) is 20.2 Å². The molecule has 0 saturated carbocycles. The zero-order chi connectivity index (χ0) is 28.5. The van der Waals surface area contributed by atoms with E-state index in [1.54, 1.807) is 0 Å². The molecule has 1 unspecified atom stereocenters. The van der Waals surface area contributed by atoms with Crippen molar-refractivity contribution < 1.29 is 5.11 Å². The summed E-state index contributed by atoms with van der Waals surface area (Å²) >= 11 is 0. The Morgan fingerprint density at radius 3 is 0.846 bits per heavy atom. The highest BCUT2D eigenvalue weighted by Crippen LogP contribution is 2.27. The predicted octanol–water partition coefficient (Wildman–Crippen LogP) is 13.9. The highest BCUT2D eigenvalue weighted by Gasteiger charge is 2.19. The van der Waals surface area contributed by atoms with Crippen molar-refractivity contribution in [3.05, 3.63) is 5.92 Å². The van der Waals surface area contributed by atoms with Crippen molar-refractivity contribution in [2.24, 2.45) is 0 Å². The van der Waals surface area contributed by atoms with Gasteiger partial charge in [0.2, 0.25) is 0 Å². The molecular formula is C38H77O. The van der Waals surface area contributed by atoms with E-state index in [9.17, 15) is 5.11 Å². The summed E-state index contributed by atoms with van der Waals surface area (Å²) in [7, 11) is 0. The van der Waals surface area contributed by atoms with Crippen LogP contribution in [0.5, 0.6) is 0 Å². The van der Waals surface area contributed by atoms with Gasteiger partial charge in [-0.05, 0) is 19.3 Å². The van der Waals surface area contributed by atoms with E-state index in [1.165, 1.54) is 211 Å². The van der Waals surface area contributed by atoms with Gasteiger partial charge in [0.25, 0.3) is 0 Å². The molecule has 0 bridgehead atoms. The summed E-state index contributed by atoms with van der Waals surface area (Å²) in [5.41, 5.74) is 0. The maximum Gasteiger partial charge on any atom is 0.0602 e. The van der Waals surface area contributed by atoms with Crippen molar-refractivity contribution >= 4 is 0 Å². The van der Waals surface area contributed by atoms with E-state index in [4.69, 9.17) is 0 Å². The number of aliphatic hydroxyl groups is 1. The summed E-state index contributed by atoms with van der Waals surface area (Å²) < 4.78 is 0. The summed E-state index contributed by atoms with van der Waals surface area (Å²) in [5, 5.41) is 11.0. The van der Waals surface area contributed by atoms with Gasteiger partial charge in [0, 0.05) is 5.92 Å². The maximum atomic E-state index is 11.0. The zero-order valence-electron chi connectivity index (χ0n) is 27.9. The van der Waals surface area contributed by atoms with E-state index in [0.29, 0.717) is 0 Å². The van der Waals surface area contributed by atoms with Gasteiger partial charge in [-0.3, -0.25) is 0 Å². The second-order valence-electron chi connectivity index (χ2n) is 13.0. The van der Waals surface area contributed by atoms with Crippen LogP contribution in [0.25, 0.3) is 0 Å². The van der Waals surface area contributed by atoms with Crippen LogP contribution >= 0.6 is 0 Å². The monoisotopic (exact) mass is 550 g/mol. The number of aliphatic hydroxyl groups excluding tert-OH is 1. The Kier molecular flexibility index (Phi) is 34.1. The fraction of sp³-hybridized carbons (Fsp3) is 0.974. The molecule has 0 aromatic carbocycles. The summed E-state index contributed by atoms with van der Waals surface area (Å²) in [6.07, 6.45) is 45.1. The first-order valence-corrected chi connectivity index (χ1v) is 18.8. The Morgan fingerprint density at radius 1 is 0.333 bits per heavy atom. The molecule has 235 valence electrons. The molecule has 1 nitrogen and oxygen atoms in total. The van der Waals surface area contributed by atoms with Gasteiger partial charge < -0.3 is 5.11 Å². The lowest BCUT2D eigenvalue weighted by Crippen LogP contribution is -2.18. The minimum absolute atomic E-state index is 0.128. The lowest BCUT2D eigenvalue weighted by molar-refractivity contribution is 0.159. The van der Waals surface area contributed by atoms with E-state index in [0.717, 1.165) is 6.42 Å². The van der Waals surface area contributed by atoms with E-state index in [1.807, 2.05) is 0 Å². The molecule has 0 aromatic heterocycles. The summed E-state index contributed by atoms with van der Waals surface area (Å²) in [5.74, 6) is 1.50. The van der Waals surface area contributed by atoms with Crippen LogP contribution in [-0.2, 0) is 0 Å². The lowest BCUT2D eigenvalue weighted by atomic mass is 9.87. The van der Waals surface area contributed by atoms with Crippen LogP contribution in [-0.4, -0.2) is 11.2 Å². The molecule has 0 heterocycles. The number of hydrogen-bond donors (Lipinski definition) is 1. The van der Waals surface area contributed by atoms with Crippen LogP contribution in [0.15, 0.2) is 0 Å². The molecule has 0 aromatic rings. The van der Waals surface area contributed by atoms with Crippen molar-refractivity contribution in [3.8, 4) is 0 Å². The van der Waals surface area contributed by atoms with Crippen molar-refractivity contribution in [3.63, 3.8) is 0 Å². The van der Waals surface area contributed by atoms with Gasteiger partial charge in [0.05, 0.1) is 6.10 Å². The van der Waals surface area contributed by atoms with Crippen LogP contribution in [0.3, 0.4) is 0 Å². The van der Waals surface area contributed by atoms with Crippen molar-refractivity contribution in [2.75, 3.05) is 0 Å². The van der Waals surface area contributed by atoms with Gasteiger partial charge in [-0.2, -0.15) is 0 Å². The molecule has 0 rings (SSSR count). The molecule has 39 heavy (non-hydrogen) atoms. The van der Waals surface area contributed by atoms with Crippen molar-refractivity contribution in [2.45, 2.75) is 239 Å². The first-order valence-electron chi connectivity index (χ1n) is 18.8. The highest BCUT2D eigenvalue weighted by molar-refractivity contribution is 4.96. The Balaban J connectivity index is 3.89. The third-order valence-electron chi connectivity index (χ3n) is 9.01. The third-order valence-corrected chi connectivity index (χ3v) is 9.01. The van der Waals surface area contributed by atoms with Gasteiger partial charge >= 0.3 is 0 Å². The quantitative estimate of drug-likeness (QED) is 0.0791. The Morgan fingerprint density at radius 2 is 0.564 bits per heavy atom. The molecule has 0 aliphatic carbocycles. The van der Waals surface area contributed by atoms with Crippen LogP contribution < -0.4 is 0 Å². The second-order valence-corrected chi connectivity index (χ2v) is 13.0. The molecule has 0 aliphatic rings. The first kappa shape index (κ1) is 39.0. The Hall–Kier alpha value is -0.0400. The highest BCUT2D eigenvalue weighted by atomic mass is 16.3. The fourth-order valence-electron chi connectivity index (χ4n) is 6.17. The predicted molar refractivity (Wildman–Crippen MR) is 179 cm³/mol. The number of unbranched alkanes of at least 4 members (excludes halogenated alkanes) is 27. The van der Waals surface area contributed by atoms with Crippen LogP contribution in [0.1, 0.15) is 233 Å². The molecule has 0 fully saturated rings. The fourth-order valence-corrected chi connectivity index (χ4v) is 6.17. The Labute approximate surface area is 249 Å². The molecule has 0 saturated heterocycles. The minimum Gasteiger partial charge on any atom is -0.393 e. The molecule has 1 heteroatoms. The lowest BCUT2D eigenvalue weighted by Gasteiger charge is -2.23. The zero-order valence-corrected chi connectivity index (χ0v) is 27.9. The normalized spacial score (nSPS) is 12.5. The van der Waals surface area contributed by atoms with Crippen LogP contribution in [0.2, 0.25) is 0 Å². The maximum absolute atomic E-state index is 11.0. The largest absolute Gasteiger partial charge is 0.393 e. The molecule has 0 spiro atoms. The van der Waals surface area contributed by atoms with Crippen molar-refractivity contribution in [1.29, 1.82) is 0 Å². The second kappa shape index (κ2) is 34.2. The van der Waals surface area contributed by atoms with Crippen molar-refractivity contribution in [1.82, 2.24) is 0 Å². The van der Waals surface area contributed by atoms with Gasteiger partial charge in [0.15, 0.2) is 0 Å². The number of rotatable bonds is 34. The van der Waals surface area contributed by atoms with Gasteiger partial charge in [0.1, 0.15) is 0 Å². The van der Waals surface area contributed by atoms with E-state index >= 15 is 0 Å². The van der Waals surface area contributed by atoms with Crippen LogP contribution in [0.4, 0.5) is 0 Å². The first-order chi connectivity index (χ1) is 19.3. The smallest absolute Gasteiger partial charge is 0.0602 e. The average Bonchev–Trinajstić information content (AvgIpc) is 2.94. The molecule has 1 radical (unpaired) electrons. The van der Waals surface area contributed by atoms with Crippen LogP contribution in [0, 0.1) is 5.92 Å². The Bertz CT molecular complexity index is 419. The minimum atomic E-state index is -0.128. The number of hydrogen-bond acceptors (Lipinski definition) is 1. The SMILES string of the molecule is CCCCCCCCCCCCCCCCC[C](CCCCCCCC)C(O)CCCCCCCCCCC. The molecule has 0 amide bonds. The van der Waals surface area contributed by atoms with Gasteiger partial charge in [-0.1, -0.05) is 213 Å². The van der Waals surface area contributed by atoms with E-state index < -0.39 is 0 Å². The molecular weight excluding hydrogens is 472 g/mol. The summed E-state index contributed by atoms with van der Waals surface area (Å²) in [6.45, 7) is 6.90. The molecule has 1 N–H and O–H groups in total.